The molecule has 0 bridgehead atoms. The highest BCUT2D eigenvalue weighted by Gasteiger charge is 2.17. The molecule has 0 aliphatic carbocycles. The Morgan fingerprint density at radius 3 is 2.77 bits per heavy atom. The van der Waals surface area contributed by atoms with E-state index in [1.165, 1.54) is 0 Å². The summed E-state index contributed by atoms with van der Waals surface area (Å²) in [4.78, 5) is 12.1. The van der Waals surface area contributed by atoms with Gasteiger partial charge in [0.15, 0.2) is 23.0 Å². The van der Waals surface area contributed by atoms with Gasteiger partial charge in [0.1, 0.15) is 19.8 Å². The molecule has 7 heteroatoms. The molecule has 0 spiro atoms. The van der Waals surface area contributed by atoms with Gasteiger partial charge in [-0.25, -0.2) is 0 Å². The van der Waals surface area contributed by atoms with Crippen molar-refractivity contribution in [2.45, 2.75) is 6.42 Å². The molecule has 0 unspecified atom stereocenters. The molecule has 3 rings (SSSR count). The summed E-state index contributed by atoms with van der Waals surface area (Å²) in [6.45, 7) is 1.67. The Kier molecular flexibility index (Phi) is 6.07. The average Bonchev–Trinajstić information content (AvgIpc) is 2.65. The summed E-state index contributed by atoms with van der Waals surface area (Å²) in [6.07, 6.45) is 0.199. The van der Waals surface area contributed by atoms with Crippen molar-refractivity contribution in [1.29, 1.82) is 0 Å². The maximum Gasteiger partial charge on any atom is 0.224 e. The van der Waals surface area contributed by atoms with E-state index in [9.17, 15) is 4.79 Å². The van der Waals surface area contributed by atoms with Crippen LogP contribution >= 0.6 is 11.6 Å². The summed E-state index contributed by atoms with van der Waals surface area (Å²) in [6, 6.07) is 10.9. The summed E-state index contributed by atoms with van der Waals surface area (Å²) >= 11 is 6.19. The van der Waals surface area contributed by atoms with Crippen molar-refractivity contribution in [1.82, 2.24) is 5.32 Å². The lowest BCUT2D eigenvalue weighted by molar-refractivity contribution is -0.120. The summed E-state index contributed by atoms with van der Waals surface area (Å²) < 4.78 is 21.8. The van der Waals surface area contributed by atoms with Gasteiger partial charge < -0.3 is 24.3 Å². The van der Waals surface area contributed by atoms with Gasteiger partial charge in [-0.3, -0.25) is 4.79 Å². The van der Waals surface area contributed by atoms with Crippen LogP contribution in [0.1, 0.15) is 5.56 Å². The second-order valence-electron chi connectivity index (χ2n) is 5.63. The number of ether oxygens (including phenoxy) is 4. The zero-order valence-electron chi connectivity index (χ0n) is 14.4. The molecule has 1 N–H and O–H groups in total. The number of carbonyl (C=O) groups excluding carboxylic acids is 1. The van der Waals surface area contributed by atoms with Gasteiger partial charge in [-0.15, -0.1) is 0 Å². The molecule has 6 nitrogen and oxygen atoms in total. The number of hydrogen-bond donors (Lipinski definition) is 1. The Balaban J connectivity index is 1.48. The van der Waals surface area contributed by atoms with Crippen LogP contribution in [0.2, 0.25) is 5.02 Å². The van der Waals surface area contributed by atoms with Crippen LogP contribution < -0.4 is 24.3 Å². The molecule has 0 aromatic heterocycles. The highest BCUT2D eigenvalue weighted by Crippen LogP contribution is 2.38. The van der Waals surface area contributed by atoms with E-state index in [1.807, 2.05) is 24.3 Å². The molecule has 138 valence electrons. The van der Waals surface area contributed by atoms with Crippen LogP contribution in [-0.4, -0.2) is 39.4 Å². The third-order valence-electron chi connectivity index (χ3n) is 3.77. The van der Waals surface area contributed by atoms with E-state index < -0.39 is 0 Å². The van der Waals surface area contributed by atoms with Crippen LogP contribution in [0.4, 0.5) is 0 Å². The molecule has 2 aromatic rings. The molecule has 0 saturated carbocycles. The van der Waals surface area contributed by atoms with Crippen molar-refractivity contribution in [3.8, 4) is 23.0 Å². The molecule has 0 saturated heterocycles. The van der Waals surface area contributed by atoms with Gasteiger partial charge in [-0.1, -0.05) is 23.7 Å². The van der Waals surface area contributed by atoms with Crippen LogP contribution in [0.3, 0.4) is 0 Å². The number of nitrogens with one attached hydrogen (secondary N) is 1. The van der Waals surface area contributed by atoms with Crippen molar-refractivity contribution >= 4 is 17.5 Å². The largest absolute Gasteiger partial charge is 0.493 e. The number of fused-ring (bicyclic) bond motifs is 1. The Morgan fingerprint density at radius 2 is 1.96 bits per heavy atom. The van der Waals surface area contributed by atoms with E-state index in [-0.39, 0.29) is 12.3 Å². The second kappa shape index (κ2) is 8.67. The highest BCUT2D eigenvalue weighted by atomic mass is 35.5. The highest BCUT2D eigenvalue weighted by molar-refractivity contribution is 6.32. The smallest absolute Gasteiger partial charge is 0.224 e. The topological polar surface area (TPSA) is 66.0 Å². The fraction of sp³-hybridized carbons (Fsp3) is 0.316. The maximum atomic E-state index is 12.1. The molecule has 1 amide bonds. The first kappa shape index (κ1) is 18.2. The number of methoxy groups -OCH3 is 1. The first-order chi connectivity index (χ1) is 12.7. The van der Waals surface area contributed by atoms with Crippen LogP contribution in [0, 0.1) is 0 Å². The molecule has 1 heterocycles. The Morgan fingerprint density at radius 1 is 1.19 bits per heavy atom. The Bertz CT molecular complexity index is 781. The van der Waals surface area contributed by atoms with Gasteiger partial charge in [0.25, 0.3) is 0 Å². The number of halogens is 1. The predicted molar refractivity (Wildman–Crippen MR) is 97.6 cm³/mol. The zero-order valence-corrected chi connectivity index (χ0v) is 15.2. The summed E-state index contributed by atoms with van der Waals surface area (Å²) in [5, 5.41) is 3.27. The summed E-state index contributed by atoms with van der Waals surface area (Å²) in [5.41, 5.74) is 0.766. The third-order valence-corrected chi connectivity index (χ3v) is 4.05. The molecule has 1 aliphatic heterocycles. The van der Waals surface area contributed by atoms with E-state index in [2.05, 4.69) is 5.32 Å². The minimum Gasteiger partial charge on any atom is -0.493 e. The lowest BCUT2D eigenvalue weighted by Crippen LogP contribution is -2.29. The van der Waals surface area contributed by atoms with E-state index in [4.69, 9.17) is 30.5 Å². The molecule has 0 fully saturated rings. The Hall–Kier alpha value is -2.60. The lowest BCUT2D eigenvalue weighted by atomic mass is 10.1. The molecule has 0 atom stereocenters. The van der Waals surface area contributed by atoms with Crippen molar-refractivity contribution in [3.63, 3.8) is 0 Å². The molecular weight excluding hydrogens is 358 g/mol. The lowest BCUT2D eigenvalue weighted by Gasteiger charge is -2.20. The molecule has 0 radical (unpaired) electrons. The van der Waals surface area contributed by atoms with Crippen LogP contribution in [0.15, 0.2) is 36.4 Å². The first-order valence-corrected chi connectivity index (χ1v) is 8.65. The molecule has 26 heavy (non-hydrogen) atoms. The summed E-state index contributed by atoms with van der Waals surface area (Å²) in [7, 11) is 1.59. The zero-order chi connectivity index (χ0) is 18.4. The Labute approximate surface area is 157 Å². The monoisotopic (exact) mass is 377 g/mol. The predicted octanol–water partition coefficient (Wildman–Crippen LogP) is 2.86. The number of para-hydroxylation sites is 2. The normalized spacial score (nSPS) is 12.4. The second-order valence-corrected chi connectivity index (χ2v) is 6.04. The standard InChI is InChI=1S/C19H20ClNO5/c1-23-15-4-2-3-5-16(15)24-7-6-21-18(22)12-13-10-14(20)19-17(11-13)25-8-9-26-19/h2-5,10-11H,6-9,12H2,1H3,(H,21,22). The van der Waals surface area contributed by atoms with Crippen LogP contribution in [-0.2, 0) is 11.2 Å². The molecule has 2 aromatic carbocycles. The molecular formula is C19H20ClNO5. The van der Waals surface area contributed by atoms with Crippen LogP contribution in [0.5, 0.6) is 23.0 Å². The van der Waals surface area contributed by atoms with E-state index in [0.717, 1.165) is 5.56 Å². The fourth-order valence-corrected chi connectivity index (χ4v) is 2.89. The maximum absolute atomic E-state index is 12.1. The number of carbonyl (C=O) groups is 1. The van der Waals surface area contributed by atoms with Crippen molar-refractivity contribution < 1.29 is 23.7 Å². The third kappa shape index (κ3) is 4.52. The van der Waals surface area contributed by atoms with E-state index in [0.29, 0.717) is 54.4 Å². The number of amides is 1. The molecule has 1 aliphatic rings. The van der Waals surface area contributed by atoms with Gasteiger partial charge >= 0.3 is 0 Å². The van der Waals surface area contributed by atoms with Gasteiger partial charge in [0.2, 0.25) is 5.91 Å². The number of benzene rings is 2. The quantitative estimate of drug-likeness (QED) is 0.751. The fourth-order valence-electron chi connectivity index (χ4n) is 2.60. The van der Waals surface area contributed by atoms with Gasteiger partial charge in [0, 0.05) is 0 Å². The van der Waals surface area contributed by atoms with Crippen molar-refractivity contribution in [2.24, 2.45) is 0 Å². The van der Waals surface area contributed by atoms with Crippen molar-refractivity contribution in [2.75, 3.05) is 33.5 Å². The average molecular weight is 378 g/mol. The SMILES string of the molecule is COc1ccccc1OCCNC(=O)Cc1cc(Cl)c2c(c1)OCCO2. The minimum absolute atomic E-state index is 0.124. The van der Waals surface area contributed by atoms with Crippen molar-refractivity contribution in [3.05, 3.63) is 47.0 Å². The van der Waals surface area contributed by atoms with Crippen LogP contribution in [0.25, 0.3) is 0 Å². The van der Waals surface area contributed by atoms with E-state index in [1.54, 1.807) is 19.2 Å². The first-order valence-electron chi connectivity index (χ1n) is 8.28. The number of rotatable bonds is 7. The van der Waals surface area contributed by atoms with E-state index >= 15 is 0 Å². The number of hydrogen-bond acceptors (Lipinski definition) is 5. The van der Waals surface area contributed by atoms with Gasteiger partial charge in [-0.05, 0) is 29.8 Å². The summed E-state index contributed by atoms with van der Waals surface area (Å²) in [5.74, 6) is 2.28. The minimum atomic E-state index is -0.124. The van der Waals surface area contributed by atoms with Gasteiger partial charge in [-0.2, -0.15) is 0 Å². The van der Waals surface area contributed by atoms with Gasteiger partial charge in [0.05, 0.1) is 25.1 Å².